The lowest BCUT2D eigenvalue weighted by Gasteiger charge is -2.23. The van der Waals surface area contributed by atoms with Crippen molar-refractivity contribution in [1.82, 2.24) is 0 Å². The first-order valence-corrected chi connectivity index (χ1v) is 8.25. The van der Waals surface area contributed by atoms with E-state index in [9.17, 15) is 31.1 Å². The summed E-state index contributed by atoms with van der Waals surface area (Å²) in [5.74, 6) is -12.4. The predicted molar refractivity (Wildman–Crippen MR) is 85.8 cm³/mol. The monoisotopic (exact) mass is 393 g/mol. The summed E-state index contributed by atoms with van der Waals surface area (Å²) < 4.78 is 80.4. The molecule has 1 N–H and O–H groups in total. The van der Waals surface area contributed by atoms with E-state index in [2.05, 4.69) is 0 Å². The molecule has 0 atom stereocenters. The van der Waals surface area contributed by atoms with Crippen LogP contribution in [0.25, 0.3) is 0 Å². The van der Waals surface area contributed by atoms with E-state index in [1.165, 1.54) is 32.0 Å². The highest BCUT2D eigenvalue weighted by Gasteiger charge is 2.32. The van der Waals surface area contributed by atoms with Crippen LogP contribution in [-0.2, 0) is 4.79 Å². The van der Waals surface area contributed by atoms with Crippen LogP contribution in [0.3, 0.4) is 0 Å². The van der Waals surface area contributed by atoms with Gasteiger partial charge in [0.1, 0.15) is 11.5 Å². The Hall–Kier alpha value is -2.16. The first kappa shape index (κ1) is 20.2. The lowest BCUT2D eigenvalue weighted by atomic mass is 9.95. The smallest absolute Gasteiger partial charge is 0.231 e. The highest BCUT2D eigenvalue weighted by Crippen LogP contribution is 2.32. The van der Waals surface area contributed by atoms with Crippen LogP contribution in [0.2, 0.25) is 0 Å². The molecule has 0 heterocycles. The molecule has 0 aliphatic carbocycles. The van der Waals surface area contributed by atoms with Gasteiger partial charge in [-0.25, -0.2) is 26.3 Å². The second kappa shape index (κ2) is 7.61. The number of carbonyl (C=O) groups is 1. The molecular formula is C17H13F6NOS. The number of amides is 1. The highest BCUT2D eigenvalue weighted by molar-refractivity contribution is 7.99. The lowest BCUT2D eigenvalue weighted by molar-refractivity contribution is -0.122. The number of carbonyl (C=O) groups excluding carboxylic acids is 1. The Labute approximate surface area is 149 Å². The van der Waals surface area contributed by atoms with Crippen LogP contribution >= 0.6 is 11.8 Å². The summed E-state index contributed by atoms with van der Waals surface area (Å²) in [6.07, 6.45) is 0. The van der Waals surface area contributed by atoms with E-state index in [0.717, 1.165) is 11.8 Å². The van der Waals surface area contributed by atoms with Crippen molar-refractivity contribution in [2.24, 2.45) is 5.41 Å². The number of rotatable bonds is 5. The van der Waals surface area contributed by atoms with Crippen molar-refractivity contribution in [3.8, 4) is 0 Å². The van der Waals surface area contributed by atoms with Gasteiger partial charge in [-0.05, 0) is 12.1 Å². The first-order chi connectivity index (χ1) is 12.1. The van der Waals surface area contributed by atoms with Gasteiger partial charge in [0.25, 0.3) is 0 Å². The zero-order chi connectivity index (χ0) is 19.6. The van der Waals surface area contributed by atoms with E-state index >= 15 is 0 Å². The van der Waals surface area contributed by atoms with Gasteiger partial charge in [0.2, 0.25) is 11.7 Å². The van der Waals surface area contributed by atoms with Crippen LogP contribution in [0, 0.1) is 40.3 Å². The zero-order valence-corrected chi connectivity index (χ0v) is 14.4. The third-order valence-corrected chi connectivity index (χ3v) is 5.00. The van der Waals surface area contributed by atoms with Gasteiger partial charge in [-0.3, -0.25) is 4.79 Å². The summed E-state index contributed by atoms with van der Waals surface area (Å²) in [5, 5.41) is 1.74. The van der Waals surface area contributed by atoms with Gasteiger partial charge in [-0.2, -0.15) is 0 Å². The topological polar surface area (TPSA) is 29.1 Å². The molecule has 0 aliphatic heterocycles. The molecule has 0 aromatic heterocycles. The Morgan fingerprint density at radius 2 is 1.42 bits per heavy atom. The summed E-state index contributed by atoms with van der Waals surface area (Å²) in [6, 6.07) is 5.79. The summed E-state index contributed by atoms with van der Waals surface area (Å²) in [7, 11) is 0. The van der Waals surface area contributed by atoms with Crippen LogP contribution < -0.4 is 5.32 Å². The van der Waals surface area contributed by atoms with E-state index in [-0.39, 0.29) is 10.6 Å². The lowest BCUT2D eigenvalue weighted by Crippen LogP contribution is -2.34. The quantitative estimate of drug-likeness (QED) is 0.324. The van der Waals surface area contributed by atoms with Crippen molar-refractivity contribution < 1.29 is 31.1 Å². The number of halogens is 6. The number of nitrogens with one attached hydrogen (secondary N) is 1. The number of hydrogen-bond acceptors (Lipinski definition) is 2. The Balaban J connectivity index is 2.20. The molecule has 0 unspecified atom stereocenters. The van der Waals surface area contributed by atoms with Gasteiger partial charge in [-0.15, -0.1) is 11.8 Å². The third-order valence-electron chi connectivity index (χ3n) is 3.49. The van der Waals surface area contributed by atoms with Gasteiger partial charge in [0, 0.05) is 10.6 Å². The van der Waals surface area contributed by atoms with Crippen LogP contribution in [0.4, 0.5) is 32.0 Å². The molecule has 0 aliphatic rings. The summed E-state index contributed by atoms with van der Waals surface area (Å²) >= 11 is 0.979. The predicted octanol–water partition coefficient (Wildman–Crippen LogP) is 5.28. The van der Waals surface area contributed by atoms with Crippen molar-refractivity contribution in [2.45, 2.75) is 18.7 Å². The zero-order valence-electron chi connectivity index (χ0n) is 13.6. The Bertz CT molecular complexity index is 826. The molecule has 0 radical (unpaired) electrons. The van der Waals surface area contributed by atoms with E-state index in [4.69, 9.17) is 0 Å². The van der Waals surface area contributed by atoms with Crippen LogP contribution in [0.15, 0.2) is 29.2 Å². The molecular weight excluding hydrogens is 380 g/mol. The molecule has 0 saturated carbocycles. The Morgan fingerprint density at radius 1 is 0.923 bits per heavy atom. The first-order valence-electron chi connectivity index (χ1n) is 7.26. The Morgan fingerprint density at radius 3 is 1.96 bits per heavy atom. The van der Waals surface area contributed by atoms with Crippen molar-refractivity contribution in [3.63, 3.8) is 0 Å². The van der Waals surface area contributed by atoms with Gasteiger partial charge < -0.3 is 5.32 Å². The van der Waals surface area contributed by atoms with Gasteiger partial charge >= 0.3 is 0 Å². The van der Waals surface area contributed by atoms with E-state index in [0.29, 0.717) is 0 Å². The second-order valence-electron chi connectivity index (χ2n) is 6.00. The van der Waals surface area contributed by atoms with Crippen molar-refractivity contribution in [3.05, 3.63) is 59.2 Å². The average molecular weight is 393 g/mol. The highest BCUT2D eigenvalue weighted by atomic mass is 32.2. The van der Waals surface area contributed by atoms with Crippen LogP contribution in [0.1, 0.15) is 13.8 Å². The molecule has 2 aromatic carbocycles. The summed E-state index contributed by atoms with van der Waals surface area (Å²) in [4.78, 5) is 12.5. The number of thioether (sulfide) groups is 1. The molecule has 0 fully saturated rings. The van der Waals surface area contributed by atoms with Crippen molar-refractivity contribution in [2.75, 3.05) is 11.1 Å². The molecule has 2 rings (SSSR count). The van der Waals surface area contributed by atoms with Gasteiger partial charge in [0.15, 0.2) is 23.3 Å². The minimum absolute atomic E-state index is 0.00480. The molecule has 0 bridgehead atoms. The average Bonchev–Trinajstić information content (AvgIpc) is 2.61. The standard InChI is InChI=1S/C17H13F6NOS/c1-17(2,7-26-9-6-4-3-5-8(9)18)16(25)24-15-13(22)11(20)10(19)12(21)14(15)23/h3-6H,7H2,1-2H3,(H,24,25). The molecule has 1 amide bonds. The van der Waals surface area contributed by atoms with E-state index in [1.54, 1.807) is 11.4 Å². The maximum atomic E-state index is 13.7. The van der Waals surface area contributed by atoms with Crippen molar-refractivity contribution >= 4 is 23.4 Å². The fraction of sp³-hybridized carbons (Fsp3) is 0.235. The van der Waals surface area contributed by atoms with Gasteiger partial charge in [-0.1, -0.05) is 26.0 Å². The SMILES string of the molecule is CC(C)(CSc1ccccc1F)C(=O)Nc1c(F)c(F)c(F)c(F)c1F. The molecule has 0 saturated heterocycles. The maximum absolute atomic E-state index is 13.7. The fourth-order valence-electron chi connectivity index (χ4n) is 1.88. The normalized spacial score (nSPS) is 11.5. The molecule has 140 valence electrons. The summed E-state index contributed by atoms with van der Waals surface area (Å²) in [6.45, 7) is 2.78. The molecule has 26 heavy (non-hydrogen) atoms. The molecule has 0 spiro atoms. The molecule has 9 heteroatoms. The number of hydrogen-bond donors (Lipinski definition) is 1. The minimum atomic E-state index is -2.31. The summed E-state index contributed by atoms with van der Waals surface area (Å²) in [5.41, 5.74) is -2.72. The number of anilines is 1. The minimum Gasteiger partial charge on any atom is -0.321 e. The third kappa shape index (κ3) is 3.98. The largest absolute Gasteiger partial charge is 0.321 e. The van der Waals surface area contributed by atoms with Crippen LogP contribution in [0.5, 0.6) is 0 Å². The fourth-order valence-corrected chi connectivity index (χ4v) is 2.91. The maximum Gasteiger partial charge on any atom is 0.231 e. The van der Waals surface area contributed by atoms with Crippen molar-refractivity contribution in [1.29, 1.82) is 0 Å². The van der Waals surface area contributed by atoms with E-state index in [1.807, 2.05) is 0 Å². The Kier molecular flexibility index (Phi) is 5.90. The second-order valence-corrected chi connectivity index (χ2v) is 7.02. The number of benzene rings is 2. The molecule has 2 aromatic rings. The molecule has 2 nitrogen and oxygen atoms in total. The van der Waals surface area contributed by atoms with Crippen LogP contribution in [-0.4, -0.2) is 11.7 Å². The van der Waals surface area contributed by atoms with E-state index < -0.39 is 51.9 Å². The van der Waals surface area contributed by atoms with Gasteiger partial charge in [0.05, 0.1) is 5.41 Å².